The van der Waals surface area contributed by atoms with Crippen molar-refractivity contribution >= 4 is 24.3 Å². The number of benzene rings is 1. The van der Waals surface area contributed by atoms with Gasteiger partial charge in [-0.3, -0.25) is 0 Å². The lowest BCUT2D eigenvalue weighted by molar-refractivity contribution is 0.160. The predicted octanol–water partition coefficient (Wildman–Crippen LogP) is 3.77. The van der Waals surface area contributed by atoms with Crippen molar-refractivity contribution in [2.75, 3.05) is 11.9 Å². The average Bonchev–Trinajstić information content (AvgIpc) is 2.41. The zero-order valence-electron chi connectivity index (χ0n) is 10.7. The maximum Gasteiger partial charge on any atom is 0.322 e. The number of nitrogens with one attached hydrogen (secondary N) is 1. The number of carbonyl (C=O) groups is 1. The lowest BCUT2D eigenvalue weighted by Gasteiger charge is -2.35. The van der Waals surface area contributed by atoms with Crippen LogP contribution >= 0.6 is 12.6 Å². The Hall–Kier alpha value is -1.16. The molecule has 1 fully saturated rings. The van der Waals surface area contributed by atoms with Crippen LogP contribution in [0.3, 0.4) is 0 Å². The highest BCUT2D eigenvalue weighted by atomic mass is 32.1. The van der Waals surface area contributed by atoms with Crippen LogP contribution < -0.4 is 5.32 Å². The smallest absolute Gasteiger partial charge is 0.322 e. The number of hydrogen-bond donors (Lipinski definition) is 2. The second-order valence-corrected chi connectivity index (χ2v) is 5.18. The number of rotatable bonds is 2. The molecule has 2 rings (SSSR count). The van der Waals surface area contributed by atoms with Gasteiger partial charge in [0.1, 0.15) is 0 Å². The van der Waals surface area contributed by atoms with E-state index >= 15 is 0 Å². The van der Waals surface area contributed by atoms with Gasteiger partial charge in [0.25, 0.3) is 0 Å². The van der Waals surface area contributed by atoms with Crippen LogP contribution in [0.25, 0.3) is 0 Å². The minimum atomic E-state index is 0.00282. The fourth-order valence-electron chi connectivity index (χ4n) is 2.46. The number of anilines is 1. The third-order valence-electron chi connectivity index (χ3n) is 3.50. The van der Waals surface area contributed by atoms with Gasteiger partial charge in [-0.25, -0.2) is 4.79 Å². The van der Waals surface area contributed by atoms with Crippen molar-refractivity contribution in [3.05, 3.63) is 24.3 Å². The fraction of sp³-hybridized carbons (Fsp3) is 0.500. The number of urea groups is 1. The van der Waals surface area contributed by atoms with E-state index < -0.39 is 0 Å². The summed E-state index contributed by atoms with van der Waals surface area (Å²) in [5, 5.41) is 2.95. The molecule has 1 saturated heterocycles. The Morgan fingerprint density at radius 1 is 1.44 bits per heavy atom. The topological polar surface area (TPSA) is 32.3 Å². The van der Waals surface area contributed by atoms with Crippen LogP contribution in [-0.2, 0) is 0 Å². The Kier molecular flexibility index (Phi) is 4.53. The van der Waals surface area contributed by atoms with Gasteiger partial charge in [-0.2, -0.15) is 0 Å². The first-order valence-electron chi connectivity index (χ1n) is 6.58. The van der Waals surface area contributed by atoms with Crippen molar-refractivity contribution in [3.63, 3.8) is 0 Å². The van der Waals surface area contributed by atoms with Crippen LogP contribution in [-0.4, -0.2) is 23.5 Å². The summed E-state index contributed by atoms with van der Waals surface area (Å²) < 4.78 is 0. The summed E-state index contributed by atoms with van der Waals surface area (Å²) in [6.07, 6.45) is 4.47. The molecule has 2 amide bonds. The van der Waals surface area contributed by atoms with Crippen LogP contribution in [0.4, 0.5) is 10.5 Å². The molecule has 0 spiro atoms. The highest BCUT2D eigenvalue weighted by molar-refractivity contribution is 7.80. The number of amides is 2. The largest absolute Gasteiger partial charge is 0.322 e. The molecule has 18 heavy (non-hydrogen) atoms. The molecule has 1 unspecified atom stereocenters. The summed E-state index contributed by atoms with van der Waals surface area (Å²) in [4.78, 5) is 15.0. The van der Waals surface area contributed by atoms with Crippen molar-refractivity contribution in [3.8, 4) is 0 Å². The van der Waals surface area contributed by atoms with E-state index in [2.05, 4.69) is 24.9 Å². The third-order valence-corrected chi connectivity index (χ3v) is 3.89. The summed E-state index contributed by atoms with van der Waals surface area (Å²) in [6.45, 7) is 3.00. The second-order valence-electron chi connectivity index (χ2n) is 4.70. The van der Waals surface area contributed by atoms with E-state index in [0.29, 0.717) is 6.04 Å². The van der Waals surface area contributed by atoms with Crippen LogP contribution in [0.5, 0.6) is 0 Å². The molecule has 0 bridgehead atoms. The van der Waals surface area contributed by atoms with Crippen molar-refractivity contribution < 1.29 is 4.79 Å². The summed E-state index contributed by atoms with van der Waals surface area (Å²) in [7, 11) is 0. The van der Waals surface area contributed by atoms with Crippen LogP contribution in [0, 0.1) is 0 Å². The number of likely N-dealkylation sites (tertiary alicyclic amines) is 1. The number of nitrogens with zero attached hydrogens (tertiary/aromatic N) is 1. The molecule has 1 aliphatic rings. The van der Waals surface area contributed by atoms with Gasteiger partial charge in [-0.1, -0.05) is 19.1 Å². The molecule has 1 aromatic rings. The monoisotopic (exact) mass is 264 g/mol. The van der Waals surface area contributed by atoms with Crippen LogP contribution in [0.2, 0.25) is 0 Å². The van der Waals surface area contributed by atoms with E-state index in [9.17, 15) is 4.79 Å². The molecule has 3 nitrogen and oxygen atoms in total. The molecule has 0 radical (unpaired) electrons. The molecule has 1 aromatic carbocycles. The van der Waals surface area contributed by atoms with E-state index in [4.69, 9.17) is 0 Å². The summed E-state index contributed by atoms with van der Waals surface area (Å²) >= 11 is 4.35. The van der Waals surface area contributed by atoms with E-state index in [1.165, 1.54) is 6.42 Å². The molecule has 4 heteroatoms. The SMILES string of the molecule is CCC1CCCCN1C(=O)Nc1ccccc1S. The van der Waals surface area contributed by atoms with E-state index in [-0.39, 0.29) is 6.03 Å². The van der Waals surface area contributed by atoms with E-state index in [0.717, 1.165) is 36.4 Å². The Bertz CT molecular complexity index is 422. The first-order valence-corrected chi connectivity index (χ1v) is 7.02. The van der Waals surface area contributed by atoms with Crippen LogP contribution in [0.1, 0.15) is 32.6 Å². The predicted molar refractivity (Wildman–Crippen MR) is 77.3 cm³/mol. The Labute approximate surface area is 114 Å². The third kappa shape index (κ3) is 2.99. The molecular weight excluding hydrogens is 244 g/mol. The van der Waals surface area contributed by atoms with Gasteiger partial charge in [0.05, 0.1) is 5.69 Å². The lowest BCUT2D eigenvalue weighted by atomic mass is 10.0. The normalized spacial score (nSPS) is 19.7. The molecule has 0 aromatic heterocycles. The molecule has 1 N–H and O–H groups in total. The number of carbonyl (C=O) groups excluding carboxylic acids is 1. The first-order chi connectivity index (χ1) is 8.72. The molecule has 0 saturated carbocycles. The van der Waals surface area contributed by atoms with Crippen molar-refractivity contribution in [2.24, 2.45) is 0 Å². The van der Waals surface area contributed by atoms with Crippen molar-refractivity contribution in [2.45, 2.75) is 43.5 Å². The van der Waals surface area contributed by atoms with Gasteiger partial charge >= 0.3 is 6.03 Å². The van der Waals surface area contributed by atoms with Gasteiger partial charge in [0.15, 0.2) is 0 Å². The lowest BCUT2D eigenvalue weighted by Crippen LogP contribution is -2.45. The first kappa shape index (κ1) is 13.3. The number of piperidine rings is 1. The van der Waals surface area contributed by atoms with Crippen molar-refractivity contribution in [1.29, 1.82) is 0 Å². The zero-order chi connectivity index (χ0) is 13.0. The number of thiol groups is 1. The van der Waals surface area contributed by atoms with E-state index in [1.54, 1.807) is 0 Å². The maximum absolute atomic E-state index is 12.3. The molecule has 1 aliphatic heterocycles. The fourth-order valence-corrected chi connectivity index (χ4v) is 2.68. The highest BCUT2D eigenvalue weighted by Crippen LogP contribution is 2.23. The summed E-state index contributed by atoms with van der Waals surface area (Å²) in [5.74, 6) is 0. The minimum Gasteiger partial charge on any atom is -0.322 e. The van der Waals surface area contributed by atoms with Gasteiger partial charge in [0.2, 0.25) is 0 Å². The molecule has 1 heterocycles. The molecule has 98 valence electrons. The standard InChI is InChI=1S/C14H20N2OS/c1-2-11-7-5-6-10-16(11)14(17)15-12-8-3-4-9-13(12)18/h3-4,8-9,11,18H,2,5-7,10H2,1H3,(H,15,17). The van der Waals surface area contributed by atoms with Gasteiger partial charge in [0, 0.05) is 17.5 Å². The Morgan fingerprint density at radius 2 is 2.22 bits per heavy atom. The van der Waals surface area contributed by atoms with Crippen LogP contribution in [0.15, 0.2) is 29.2 Å². The maximum atomic E-state index is 12.3. The molecule has 1 atom stereocenters. The molecule has 0 aliphatic carbocycles. The molecular formula is C14H20N2OS. The summed E-state index contributed by atoms with van der Waals surface area (Å²) in [6, 6.07) is 7.96. The average molecular weight is 264 g/mol. The number of para-hydroxylation sites is 1. The minimum absolute atomic E-state index is 0.00282. The van der Waals surface area contributed by atoms with Gasteiger partial charge < -0.3 is 10.2 Å². The van der Waals surface area contributed by atoms with Gasteiger partial charge in [-0.15, -0.1) is 12.6 Å². The number of hydrogen-bond acceptors (Lipinski definition) is 2. The Morgan fingerprint density at radius 3 is 2.94 bits per heavy atom. The summed E-state index contributed by atoms with van der Waals surface area (Å²) in [5.41, 5.74) is 0.784. The second kappa shape index (κ2) is 6.14. The van der Waals surface area contributed by atoms with Gasteiger partial charge in [-0.05, 0) is 37.8 Å². The highest BCUT2D eigenvalue weighted by Gasteiger charge is 2.25. The Balaban J connectivity index is 2.05. The quantitative estimate of drug-likeness (QED) is 0.783. The van der Waals surface area contributed by atoms with E-state index in [1.807, 2.05) is 29.2 Å². The zero-order valence-corrected chi connectivity index (χ0v) is 11.6. The van der Waals surface area contributed by atoms with Crippen molar-refractivity contribution in [1.82, 2.24) is 4.90 Å².